The van der Waals surface area contributed by atoms with Crippen molar-refractivity contribution in [1.29, 1.82) is 0 Å². The number of hydrogen-bond acceptors (Lipinski definition) is 4. The van der Waals surface area contributed by atoms with Gasteiger partial charge in [-0.3, -0.25) is 4.99 Å². The lowest BCUT2D eigenvalue weighted by Gasteiger charge is -2.30. The molecular weight excluding hydrogens is 302 g/mol. The minimum atomic E-state index is 0.366. The van der Waals surface area contributed by atoms with E-state index in [1.807, 2.05) is 19.3 Å². The van der Waals surface area contributed by atoms with Gasteiger partial charge in [-0.2, -0.15) is 0 Å². The van der Waals surface area contributed by atoms with Gasteiger partial charge in [-0.1, -0.05) is 19.9 Å². The van der Waals surface area contributed by atoms with Crippen molar-refractivity contribution in [1.82, 2.24) is 15.2 Å². The maximum absolute atomic E-state index is 5.45. The molecule has 6 heteroatoms. The van der Waals surface area contributed by atoms with Crippen LogP contribution in [-0.4, -0.2) is 62.3 Å². The number of aliphatic imine (C=N–C) groups is 1. The molecule has 0 aromatic carbocycles. The number of morpholine rings is 1. The highest BCUT2D eigenvalue weighted by molar-refractivity contribution is 5.80. The monoisotopic (exact) mass is 331 g/mol. The molecule has 2 fully saturated rings. The van der Waals surface area contributed by atoms with Crippen molar-refractivity contribution in [3.8, 4) is 0 Å². The Kier molecular flexibility index (Phi) is 5.23. The van der Waals surface area contributed by atoms with E-state index >= 15 is 0 Å². The fraction of sp³-hybridized carbons (Fsp3) is 0.667. The first-order chi connectivity index (χ1) is 11.6. The van der Waals surface area contributed by atoms with E-state index < -0.39 is 0 Å². The van der Waals surface area contributed by atoms with Crippen LogP contribution in [-0.2, 0) is 11.3 Å². The average Bonchev–Trinajstić information content (AvgIpc) is 2.96. The van der Waals surface area contributed by atoms with E-state index in [1.54, 1.807) is 0 Å². The molecule has 2 aliphatic rings. The van der Waals surface area contributed by atoms with Gasteiger partial charge in [-0.05, 0) is 17.9 Å². The number of nitrogens with one attached hydrogen (secondary N) is 1. The largest absolute Gasteiger partial charge is 0.378 e. The van der Waals surface area contributed by atoms with Crippen molar-refractivity contribution in [2.45, 2.75) is 26.8 Å². The zero-order valence-electron chi connectivity index (χ0n) is 15.1. The van der Waals surface area contributed by atoms with E-state index in [-0.39, 0.29) is 0 Å². The highest BCUT2D eigenvalue weighted by atomic mass is 16.5. The lowest BCUT2D eigenvalue weighted by atomic mass is 9.93. The minimum Gasteiger partial charge on any atom is -0.378 e. The Hall–Kier alpha value is -1.82. The van der Waals surface area contributed by atoms with Crippen LogP contribution in [0.4, 0.5) is 5.82 Å². The highest BCUT2D eigenvalue weighted by Crippen LogP contribution is 2.28. The molecule has 1 aromatic rings. The Labute approximate surface area is 144 Å². The fourth-order valence-electron chi connectivity index (χ4n) is 3.43. The maximum Gasteiger partial charge on any atom is 0.193 e. The zero-order chi connectivity index (χ0) is 17.0. The molecule has 0 radical (unpaired) electrons. The average molecular weight is 331 g/mol. The van der Waals surface area contributed by atoms with Crippen LogP contribution in [0.5, 0.6) is 0 Å². The highest BCUT2D eigenvalue weighted by Gasteiger charge is 2.30. The van der Waals surface area contributed by atoms with Gasteiger partial charge in [-0.15, -0.1) is 0 Å². The number of likely N-dealkylation sites (tertiary alicyclic amines) is 1. The SMILES string of the molecule is CN=C(NCc1cccnc1N1CCOCC1)N1CCC(C)(C)C1. The second-order valence-corrected chi connectivity index (χ2v) is 7.32. The number of anilines is 1. The molecule has 24 heavy (non-hydrogen) atoms. The number of ether oxygens (including phenoxy) is 1. The van der Waals surface area contributed by atoms with Gasteiger partial charge in [0.25, 0.3) is 0 Å². The van der Waals surface area contributed by atoms with E-state index in [4.69, 9.17) is 4.74 Å². The molecule has 3 rings (SSSR count). The summed E-state index contributed by atoms with van der Waals surface area (Å²) >= 11 is 0. The molecule has 0 bridgehead atoms. The lowest BCUT2D eigenvalue weighted by molar-refractivity contribution is 0.122. The first-order valence-electron chi connectivity index (χ1n) is 8.81. The summed E-state index contributed by atoms with van der Waals surface area (Å²) in [6.07, 6.45) is 3.08. The maximum atomic E-state index is 5.45. The number of guanidine groups is 1. The Bertz CT molecular complexity index is 581. The Morgan fingerprint density at radius 3 is 2.79 bits per heavy atom. The van der Waals surface area contributed by atoms with Crippen LogP contribution < -0.4 is 10.2 Å². The van der Waals surface area contributed by atoms with Crippen LogP contribution in [0.15, 0.2) is 23.3 Å². The smallest absolute Gasteiger partial charge is 0.193 e. The Morgan fingerprint density at radius 2 is 2.12 bits per heavy atom. The van der Waals surface area contributed by atoms with Gasteiger partial charge in [0.15, 0.2) is 5.96 Å². The van der Waals surface area contributed by atoms with Crippen LogP contribution in [0.1, 0.15) is 25.8 Å². The van der Waals surface area contributed by atoms with E-state index in [1.165, 1.54) is 12.0 Å². The summed E-state index contributed by atoms with van der Waals surface area (Å²) in [7, 11) is 1.86. The van der Waals surface area contributed by atoms with Crippen molar-refractivity contribution in [3.05, 3.63) is 23.9 Å². The van der Waals surface area contributed by atoms with Gasteiger partial charge in [0.1, 0.15) is 5.82 Å². The van der Waals surface area contributed by atoms with Crippen LogP contribution in [0.3, 0.4) is 0 Å². The van der Waals surface area contributed by atoms with E-state index in [9.17, 15) is 0 Å². The van der Waals surface area contributed by atoms with Gasteiger partial charge >= 0.3 is 0 Å². The number of rotatable bonds is 3. The van der Waals surface area contributed by atoms with E-state index in [0.717, 1.165) is 57.7 Å². The summed E-state index contributed by atoms with van der Waals surface area (Å²) < 4.78 is 5.45. The van der Waals surface area contributed by atoms with Gasteiger partial charge < -0.3 is 19.9 Å². The third kappa shape index (κ3) is 3.98. The molecule has 1 N–H and O–H groups in total. The summed E-state index contributed by atoms with van der Waals surface area (Å²) in [6.45, 7) is 10.8. The van der Waals surface area contributed by atoms with Crippen molar-refractivity contribution in [2.24, 2.45) is 10.4 Å². The van der Waals surface area contributed by atoms with Crippen molar-refractivity contribution >= 4 is 11.8 Å². The zero-order valence-corrected chi connectivity index (χ0v) is 15.1. The predicted molar refractivity (Wildman–Crippen MR) is 97.4 cm³/mol. The molecule has 0 saturated carbocycles. The fourth-order valence-corrected chi connectivity index (χ4v) is 3.43. The molecular formula is C18H29N5O. The molecule has 0 amide bonds. The van der Waals surface area contributed by atoms with E-state index in [0.29, 0.717) is 5.41 Å². The molecule has 0 aliphatic carbocycles. The molecule has 0 spiro atoms. The van der Waals surface area contributed by atoms with Crippen LogP contribution in [0, 0.1) is 5.41 Å². The molecule has 2 saturated heterocycles. The number of aromatic nitrogens is 1. The molecule has 0 unspecified atom stereocenters. The normalized spacial score (nSPS) is 21.2. The van der Waals surface area contributed by atoms with Crippen LogP contribution in [0.25, 0.3) is 0 Å². The quantitative estimate of drug-likeness (QED) is 0.675. The van der Waals surface area contributed by atoms with Crippen LogP contribution >= 0.6 is 0 Å². The second-order valence-electron chi connectivity index (χ2n) is 7.32. The summed E-state index contributed by atoms with van der Waals surface area (Å²) in [5.41, 5.74) is 1.57. The predicted octanol–water partition coefficient (Wildman–Crippen LogP) is 1.73. The molecule has 132 valence electrons. The van der Waals surface area contributed by atoms with Crippen molar-refractivity contribution < 1.29 is 4.74 Å². The number of pyridine rings is 1. The number of nitrogens with zero attached hydrogens (tertiary/aromatic N) is 4. The molecule has 2 aliphatic heterocycles. The van der Waals surface area contributed by atoms with E-state index in [2.05, 4.69) is 45.0 Å². The second kappa shape index (κ2) is 7.38. The third-order valence-electron chi connectivity index (χ3n) is 4.80. The van der Waals surface area contributed by atoms with Crippen molar-refractivity contribution in [3.63, 3.8) is 0 Å². The van der Waals surface area contributed by atoms with Gasteiger partial charge in [0.05, 0.1) is 13.2 Å². The molecule has 1 aromatic heterocycles. The first kappa shape index (κ1) is 17.0. The summed E-state index contributed by atoms with van der Waals surface area (Å²) in [5.74, 6) is 2.04. The third-order valence-corrected chi connectivity index (χ3v) is 4.80. The molecule has 0 atom stereocenters. The van der Waals surface area contributed by atoms with Gasteiger partial charge in [-0.25, -0.2) is 4.98 Å². The number of hydrogen-bond donors (Lipinski definition) is 1. The summed E-state index contributed by atoms with van der Waals surface area (Å²) in [5, 5.41) is 3.52. The van der Waals surface area contributed by atoms with Gasteiger partial charge in [0.2, 0.25) is 0 Å². The first-order valence-corrected chi connectivity index (χ1v) is 8.81. The van der Waals surface area contributed by atoms with Crippen LogP contribution in [0.2, 0.25) is 0 Å². The summed E-state index contributed by atoms with van der Waals surface area (Å²) in [6, 6.07) is 4.15. The Morgan fingerprint density at radius 1 is 1.33 bits per heavy atom. The summed E-state index contributed by atoms with van der Waals surface area (Å²) in [4.78, 5) is 13.7. The molecule has 6 nitrogen and oxygen atoms in total. The lowest BCUT2D eigenvalue weighted by Crippen LogP contribution is -2.41. The minimum absolute atomic E-state index is 0.366. The topological polar surface area (TPSA) is 53.0 Å². The van der Waals surface area contributed by atoms with Gasteiger partial charge in [0, 0.05) is 51.5 Å². The Balaban J connectivity index is 1.65. The van der Waals surface area contributed by atoms with Crippen molar-refractivity contribution in [2.75, 3.05) is 51.3 Å². The standard InChI is InChI=1S/C18H29N5O/c1-18(2)6-8-23(14-18)17(19-3)21-13-15-5-4-7-20-16(15)22-9-11-24-12-10-22/h4-5,7H,6,8-14H2,1-3H3,(H,19,21). The molecule has 3 heterocycles.